The minimum Gasteiger partial charge on any atom is -0.490 e. The van der Waals surface area contributed by atoms with E-state index in [0.29, 0.717) is 48.9 Å². The molecule has 0 aliphatic heterocycles. The van der Waals surface area contributed by atoms with Gasteiger partial charge in [-0.05, 0) is 61.2 Å². The fourth-order valence-electron chi connectivity index (χ4n) is 3.14. The van der Waals surface area contributed by atoms with Gasteiger partial charge in [-0.2, -0.15) is 8.42 Å². The molecule has 8 nitrogen and oxygen atoms in total. The average Bonchev–Trinajstić information content (AvgIpc) is 2.84. The van der Waals surface area contributed by atoms with E-state index in [4.69, 9.17) is 18.4 Å². The van der Waals surface area contributed by atoms with E-state index in [9.17, 15) is 18.3 Å². The molecule has 2 aromatic carbocycles. The quantitative estimate of drug-likeness (QED) is 0.127. The third-order valence-electron chi connectivity index (χ3n) is 5.07. The molecule has 0 aliphatic carbocycles. The van der Waals surface area contributed by atoms with Crippen molar-refractivity contribution in [1.29, 1.82) is 0 Å². The number of carbonyl (C=O) groups is 1. The van der Waals surface area contributed by atoms with E-state index in [1.54, 1.807) is 37.3 Å². The van der Waals surface area contributed by atoms with Crippen LogP contribution in [-0.4, -0.2) is 45.1 Å². The molecule has 36 heavy (non-hydrogen) atoms. The smallest absolute Gasteiger partial charge is 0.371 e. The van der Waals surface area contributed by atoms with Gasteiger partial charge < -0.3 is 23.5 Å². The Balaban J connectivity index is 2.05. The van der Waals surface area contributed by atoms with E-state index in [-0.39, 0.29) is 18.1 Å². The zero-order chi connectivity index (χ0) is 26.4. The van der Waals surface area contributed by atoms with Crippen molar-refractivity contribution in [2.24, 2.45) is 0 Å². The second-order valence-corrected chi connectivity index (χ2v) is 9.79. The molecule has 1 N–H and O–H groups in total. The molecule has 0 amide bonds. The molecule has 0 heterocycles. The first-order valence-electron chi connectivity index (χ1n) is 12.3. The normalized spacial score (nSPS) is 11.7. The van der Waals surface area contributed by atoms with E-state index in [1.807, 2.05) is 19.1 Å². The number of carboxylic acids is 1. The maximum absolute atomic E-state index is 12.0. The summed E-state index contributed by atoms with van der Waals surface area (Å²) in [6.07, 6.45) is 5.24. The first-order chi connectivity index (χ1) is 17.3. The van der Waals surface area contributed by atoms with Gasteiger partial charge in [0.05, 0.1) is 25.6 Å². The third-order valence-corrected chi connectivity index (χ3v) is 6.31. The summed E-state index contributed by atoms with van der Waals surface area (Å²) < 4.78 is 46.1. The SMILES string of the molecule is CCCCOc1cc(C=C(OCC)C(=O)O)ccc1OCCc1ccc(OS(=O)(=O)CCCC)cc1. The molecule has 0 aliphatic rings. The highest BCUT2D eigenvalue weighted by Gasteiger charge is 2.13. The molecule has 0 radical (unpaired) electrons. The van der Waals surface area contributed by atoms with Crippen LogP contribution in [0.4, 0.5) is 0 Å². The molecule has 198 valence electrons. The van der Waals surface area contributed by atoms with Gasteiger partial charge in [-0.3, -0.25) is 0 Å². The maximum Gasteiger partial charge on any atom is 0.371 e. The molecule has 0 saturated heterocycles. The highest BCUT2D eigenvalue weighted by atomic mass is 32.2. The van der Waals surface area contributed by atoms with Crippen LogP contribution in [-0.2, 0) is 26.1 Å². The van der Waals surface area contributed by atoms with Crippen molar-refractivity contribution in [3.8, 4) is 17.2 Å². The second-order valence-electron chi connectivity index (χ2n) is 8.10. The standard InChI is InChI=1S/C27H36O8S/c1-4-7-16-33-25-19-22(20-26(27(28)29)32-6-3)11-14-24(25)34-17-15-21-9-12-23(13-10-21)35-36(30,31)18-8-5-2/h9-14,19-20H,4-8,15-18H2,1-3H3,(H,28,29). The van der Waals surface area contributed by atoms with Gasteiger partial charge in [-0.1, -0.05) is 44.9 Å². The molecule has 0 aromatic heterocycles. The molecule has 0 saturated carbocycles. The van der Waals surface area contributed by atoms with Crippen molar-refractivity contribution in [1.82, 2.24) is 0 Å². The van der Waals surface area contributed by atoms with Crippen molar-refractivity contribution >= 4 is 22.2 Å². The lowest BCUT2D eigenvalue weighted by atomic mass is 10.1. The Kier molecular flexibility index (Phi) is 12.1. The predicted molar refractivity (Wildman–Crippen MR) is 139 cm³/mol. The number of unbranched alkanes of at least 4 members (excludes halogenated alkanes) is 2. The number of ether oxygens (including phenoxy) is 3. The topological polar surface area (TPSA) is 108 Å². The van der Waals surface area contributed by atoms with E-state index < -0.39 is 16.1 Å². The number of carboxylic acid groups (broad SMARTS) is 1. The molecular formula is C27H36O8S. The van der Waals surface area contributed by atoms with Crippen LogP contribution in [0, 0.1) is 0 Å². The summed E-state index contributed by atoms with van der Waals surface area (Å²) in [5, 5.41) is 9.31. The van der Waals surface area contributed by atoms with Gasteiger partial charge in [-0.15, -0.1) is 0 Å². The fraction of sp³-hybridized carbons (Fsp3) is 0.444. The molecule has 0 spiro atoms. The summed E-state index contributed by atoms with van der Waals surface area (Å²) >= 11 is 0. The number of hydrogen-bond acceptors (Lipinski definition) is 7. The Morgan fingerprint density at radius 1 is 0.917 bits per heavy atom. The van der Waals surface area contributed by atoms with Crippen LogP contribution in [0.25, 0.3) is 6.08 Å². The summed E-state index contributed by atoms with van der Waals surface area (Å²) in [4.78, 5) is 11.4. The predicted octanol–water partition coefficient (Wildman–Crippen LogP) is 5.46. The summed E-state index contributed by atoms with van der Waals surface area (Å²) in [7, 11) is -3.58. The van der Waals surface area contributed by atoms with Crippen molar-refractivity contribution in [3.63, 3.8) is 0 Å². The van der Waals surface area contributed by atoms with E-state index in [1.165, 1.54) is 6.08 Å². The van der Waals surface area contributed by atoms with Crippen LogP contribution >= 0.6 is 0 Å². The molecule has 2 rings (SSSR count). The van der Waals surface area contributed by atoms with Gasteiger partial charge in [-0.25, -0.2) is 4.79 Å². The van der Waals surface area contributed by atoms with Gasteiger partial charge in [0.15, 0.2) is 11.5 Å². The summed E-state index contributed by atoms with van der Waals surface area (Å²) in [6, 6.07) is 12.1. The van der Waals surface area contributed by atoms with Crippen LogP contribution in [0.1, 0.15) is 57.6 Å². The van der Waals surface area contributed by atoms with Gasteiger partial charge in [0, 0.05) is 6.42 Å². The Bertz CT molecular complexity index is 1090. The zero-order valence-electron chi connectivity index (χ0n) is 21.2. The molecular weight excluding hydrogens is 484 g/mol. The lowest BCUT2D eigenvalue weighted by molar-refractivity contribution is -0.136. The molecule has 2 aromatic rings. The average molecular weight is 521 g/mol. The Morgan fingerprint density at radius 3 is 2.25 bits per heavy atom. The minimum atomic E-state index is -3.58. The second kappa shape index (κ2) is 15.0. The van der Waals surface area contributed by atoms with Gasteiger partial charge in [0.25, 0.3) is 0 Å². The first-order valence-corrected chi connectivity index (χ1v) is 13.8. The monoisotopic (exact) mass is 520 g/mol. The largest absolute Gasteiger partial charge is 0.490 e. The number of aliphatic carboxylic acids is 1. The molecule has 0 bridgehead atoms. The van der Waals surface area contributed by atoms with Crippen LogP contribution in [0.15, 0.2) is 48.2 Å². The van der Waals surface area contributed by atoms with Gasteiger partial charge in [0.1, 0.15) is 5.75 Å². The van der Waals surface area contributed by atoms with Crippen LogP contribution in [0.3, 0.4) is 0 Å². The van der Waals surface area contributed by atoms with Crippen molar-refractivity contribution < 1.29 is 36.7 Å². The number of hydrogen-bond donors (Lipinski definition) is 1. The Labute approximate surface area is 214 Å². The first kappa shape index (κ1) is 29.0. The summed E-state index contributed by atoms with van der Waals surface area (Å²) in [5.74, 6) is 0.0909. The van der Waals surface area contributed by atoms with Crippen molar-refractivity contribution in [3.05, 3.63) is 59.4 Å². The highest BCUT2D eigenvalue weighted by Crippen LogP contribution is 2.30. The molecule has 0 fully saturated rings. The van der Waals surface area contributed by atoms with Crippen molar-refractivity contribution in [2.75, 3.05) is 25.6 Å². The van der Waals surface area contributed by atoms with Gasteiger partial charge in [0.2, 0.25) is 5.76 Å². The van der Waals surface area contributed by atoms with E-state index in [2.05, 4.69) is 6.92 Å². The van der Waals surface area contributed by atoms with Crippen LogP contribution < -0.4 is 13.7 Å². The Hall–Kier alpha value is -3.20. The number of rotatable bonds is 17. The van der Waals surface area contributed by atoms with Gasteiger partial charge >= 0.3 is 16.1 Å². The van der Waals surface area contributed by atoms with Crippen LogP contribution in [0.2, 0.25) is 0 Å². The molecule has 0 unspecified atom stereocenters. The summed E-state index contributed by atoms with van der Waals surface area (Å²) in [6.45, 7) is 6.85. The maximum atomic E-state index is 12.0. The minimum absolute atomic E-state index is 0.000415. The Morgan fingerprint density at radius 2 is 1.61 bits per heavy atom. The lowest BCUT2D eigenvalue weighted by Crippen LogP contribution is -2.13. The lowest BCUT2D eigenvalue weighted by Gasteiger charge is -2.14. The zero-order valence-corrected chi connectivity index (χ0v) is 22.0. The molecule has 0 atom stereocenters. The highest BCUT2D eigenvalue weighted by molar-refractivity contribution is 7.87. The van der Waals surface area contributed by atoms with Crippen molar-refractivity contribution in [2.45, 2.75) is 52.9 Å². The van der Waals surface area contributed by atoms with E-state index in [0.717, 1.165) is 24.8 Å². The fourth-order valence-corrected chi connectivity index (χ4v) is 4.27. The number of benzene rings is 2. The van der Waals surface area contributed by atoms with Crippen LogP contribution in [0.5, 0.6) is 17.2 Å². The third kappa shape index (κ3) is 10.2. The summed E-state index contributed by atoms with van der Waals surface area (Å²) in [5.41, 5.74) is 1.59. The van der Waals surface area contributed by atoms with E-state index >= 15 is 0 Å². The molecule has 9 heteroatoms.